The fourth-order valence-electron chi connectivity index (χ4n) is 3.52. The highest BCUT2D eigenvalue weighted by molar-refractivity contribution is 5.79. The molecule has 2 aliphatic heterocycles. The Hall–Kier alpha value is -1.55. The van der Waals surface area contributed by atoms with Gasteiger partial charge < -0.3 is 15.0 Å². The third-order valence-corrected chi connectivity index (χ3v) is 4.77. The van der Waals surface area contributed by atoms with E-state index in [0.29, 0.717) is 24.3 Å². The topological polar surface area (TPSA) is 41.6 Å². The van der Waals surface area contributed by atoms with Crippen LogP contribution in [-0.2, 0) is 11.2 Å². The number of rotatable bonds is 3. The van der Waals surface area contributed by atoms with Gasteiger partial charge in [-0.1, -0.05) is 12.1 Å². The molecule has 3 unspecified atom stereocenters. The van der Waals surface area contributed by atoms with Gasteiger partial charge >= 0.3 is 0 Å². The summed E-state index contributed by atoms with van der Waals surface area (Å²) in [7, 11) is 1.65. The number of likely N-dealkylation sites (tertiary alicyclic amines) is 1. The van der Waals surface area contributed by atoms with Crippen molar-refractivity contribution < 1.29 is 9.53 Å². The zero-order valence-corrected chi connectivity index (χ0v) is 12.1. The molecule has 0 radical (unpaired) electrons. The van der Waals surface area contributed by atoms with E-state index in [2.05, 4.69) is 17.1 Å². The highest BCUT2D eigenvalue weighted by Gasteiger charge is 2.43. The van der Waals surface area contributed by atoms with E-state index in [1.54, 1.807) is 7.11 Å². The summed E-state index contributed by atoms with van der Waals surface area (Å²) in [5.74, 6) is 2.35. The lowest BCUT2D eigenvalue weighted by Crippen LogP contribution is -2.38. The number of nitrogens with one attached hydrogen (secondary N) is 1. The van der Waals surface area contributed by atoms with Crippen molar-refractivity contribution in [3.63, 3.8) is 0 Å². The number of carbonyl (C=O) groups is 1. The number of benzene rings is 1. The molecule has 108 valence electrons. The Morgan fingerprint density at radius 3 is 2.75 bits per heavy atom. The van der Waals surface area contributed by atoms with Gasteiger partial charge in [0, 0.05) is 25.7 Å². The maximum atomic E-state index is 12.5. The highest BCUT2D eigenvalue weighted by Crippen LogP contribution is 2.32. The van der Waals surface area contributed by atoms with E-state index in [9.17, 15) is 4.79 Å². The molecule has 0 aromatic heterocycles. The van der Waals surface area contributed by atoms with Crippen LogP contribution in [0.2, 0.25) is 0 Å². The number of fused-ring (bicyclic) bond motifs is 1. The van der Waals surface area contributed by atoms with Gasteiger partial charge in [-0.2, -0.15) is 0 Å². The van der Waals surface area contributed by atoms with E-state index in [0.717, 1.165) is 30.9 Å². The smallest absolute Gasteiger partial charge is 0.227 e. The van der Waals surface area contributed by atoms with Crippen LogP contribution in [0, 0.1) is 11.8 Å². The maximum absolute atomic E-state index is 12.5. The summed E-state index contributed by atoms with van der Waals surface area (Å²) in [5.41, 5.74) is 1.05. The SMILES string of the molecule is COc1ccc(CC(=O)N2CC3CNCC3C2C)cc1. The zero-order chi connectivity index (χ0) is 14.1. The number of amides is 1. The lowest BCUT2D eigenvalue weighted by atomic mass is 9.95. The van der Waals surface area contributed by atoms with Crippen LogP contribution < -0.4 is 10.1 Å². The normalized spacial score (nSPS) is 28.5. The van der Waals surface area contributed by atoms with Crippen molar-refractivity contribution in [3.05, 3.63) is 29.8 Å². The molecule has 3 rings (SSSR count). The summed E-state index contributed by atoms with van der Waals surface area (Å²) in [5, 5.41) is 3.42. The molecule has 0 saturated carbocycles. The van der Waals surface area contributed by atoms with Gasteiger partial charge in [0.15, 0.2) is 0 Å². The molecule has 1 aromatic rings. The number of hydrogen-bond donors (Lipinski definition) is 1. The molecule has 1 amide bonds. The average molecular weight is 274 g/mol. The van der Waals surface area contributed by atoms with Crippen molar-refractivity contribution in [2.45, 2.75) is 19.4 Å². The van der Waals surface area contributed by atoms with E-state index >= 15 is 0 Å². The Labute approximate surface area is 120 Å². The van der Waals surface area contributed by atoms with E-state index in [1.807, 2.05) is 24.3 Å². The van der Waals surface area contributed by atoms with E-state index < -0.39 is 0 Å². The summed E-state index contributed by atoms with van der Waals surface area (Å²) >= 11 is 0. The van der Waals surface area contributed by atoms with E-state index in [4.69, 9.17) is 4.74 Å². The van der Waals surface area contributed by atoms with Gasteiger partial charge in [-0.15, -0.1) is 0 Å². The summed E-state index contributed by atoms with van der Waals surface area (Å²) in [6.45, 7) is 5.21. The Bertz CT molecular complexity index is 486. The van der Waals surface area contributed by atoms with Crippen LogP contribution in [0.25, 0.3) is 0 Å². The first-order chi connectivity index (χ1) is 9.69. The molecule has 4 nitrogen and oxygen atoms in total. The molecule has 0 bridgehead atoms. The molecule has 2 heterocycles. The molecular formula is C16H22N2O2. The van der Waals surface area contributed by atoms with Crippen molar-refractivity contribution in [3.8, 4) is 5.75 Å². The van der Waals surface area contributed by atoms with E-state index in [1.165, 1.54) is 0 Å². The van der Waals surface area contributed by atoms with Crippen LogP contribution in [0.5, 0.6) is 5.75 Å². The second-order valence-corrected chi connectivity index (χ2v) is 5.89. The predicted octanol–water partition coefficient (Wildman–Crippen LogP) is 1.30. The van der Waals surface area contributed by atoms with Crippen LogP contribution in [-0.4, -0.2) is 43.6 Å². The molecule has 4 heteroatoms. The summed E-state index contributed by atoms with van der Waals surface area (Å²) in [6.07, 6.45) is 0.487. The Morgan fingerprint density at radius 2 is 2.10 bits per heavy atom. The molecule has 0 aliphatic carbocycles. The zero-order valence-electron chi connectivity index (χ0n) is 12.1. The fraction of sp³-hybridized carbons (Fsp3) is 0.562. The minimum atomic E-state index is 0.247. The number of nitrogens with zero attached hydrogens (tertiary/aromatic N) is 1. The molecule has 3 atom stereocenters. The first-order valence-electron chi connectivity index (χ1n) is 7.32. The average Bonchev–Trinajstić information content (AvgIpc) is 3.03. The Kier molecular flexibility index (Phi) is 3.66. The van der Waals surface area contributed by atoms with Gasteiger partial charge in [-0.05, 0) is 36.5 Å². The number of hydrogen-bond acceptors (Lipinski definition) is 3. The third-order valence-electron chi connectivity index (χ3n) is 4.77. The van der Waals surface area contributed by atoms with Crippen molar-refractivity contribution >= 4 is 5.91 Å². The molecule has 2 saturated heterocycles. The molecule has 20 heavy (non-hydrogen) atoms. The first-order valence-corrected chi connectivity index (χ1v) is 7.32. The van der Waals surface area contributed by atoms with Crippen molar-refractivity contribution in [1.82, 2.24) is 10.2 Å². The Balaban J connectivity index is 1.64. The van der Waals surface area contributed by atoms with Crippen LogP contribution in [0.3, 0.4) is 0 Å². The van der Waals surface area contributed by atoms with Crippen molar-refractivity contribution in [2.24, 2.45) is 11.8 Å². The summed E-state index contributed by atoms with van der Waals surface area (Å²) < 4.78 is 5.14. The molecule has 2 fully saturated rings. The minimum absolute atomic E-state index is 0.247. The lowest BCUT2D eigenvalue weighted by Gasteiger charge is -2.24. The maximum Gasteiger partial charge on any atom is 0.227 e. The van der Waals surface area contributed by atoms with Crippen LogP contribution >= 0.6 is 0 Å². The lowest BCUT2D eigenvalue weighted by molar-refractivity contribution is -0.131. The Morgan fingerprint density at radius 1 is 1.35 bits per heavy atom. The second-order valence-electron chi connectivity index (χ2n) is 5.89. The van der Waals surface area contributed by atoms with Crippen LogP contribution in [0.1, 0.15) is 12.5 Å². The van der Waals surface area contributed by atoms with Gasteiger partial charge in [0.2, 0.25) is 5.91 Å². The predicted molar refractivity (Wildman–Crippen MR) is 77.7 cm³/mol. The summed E-state index contributed by atoms with van der Waals surface area (Å²) in [4.78, 5) is 14.6. The quantitative estimate of drug-likeness (QED) is 0.903. The first kappa shape index (κ1) is 13.4. The number of methoxy groups -OCH3 is 1. The monoisotopic (exact) mass is 274 g/mol. The fourth-order valence-corrected chi connectivity index (χ4v) is 3.52. The van der Waals surface area contributed by atoms with Gasteiger partial charge in [0.25, 0.3) is 0 Å². The largest absolute Gasteiger partial charge is 0.497 e. The second kappa shape index (κ2) is 5.44. The number of carbonyl (C=O) groups excluding carboxylic acids is 1. The number of ether oxygens (including phenoxy) is 1. The molecule has 1 aromatic carbocycles. The molecular weight excluding hydrogens is 252 g/mol. The van der Waals surface area contributed by atoms with Gasteiger partial charge in [0.05, 0.1) is 13.5 Å². The molecule has 2 aliphatic rings. The summed E-state index contributed by atoms with van der Waals surface area (Å²) in [6, 6.07) is 8.13. The van der Waals surface area contributed by atoms with Gasteiger partial charge in [-0.3, -0.25) is 4.79 Å². The van der Waals surface area contributed by atoms with Crippen LogP contribution in [0.15, 0.2) is 24.3 Å². The van der Waals surface area contributed by atoms with Crippen LogP contribution in [0.4, 0.5) is 0 Å². The standard InChI is InChI=1S/C16H22N2O2/c1-11-15-9-17-8-13(15)10-18(11)16(19)7-12-3-5-14(20-2)6-4-12/h3-6,11,13,15,17H,7-10H2,1-2H3. The van der Waals surface area contributed by atoms with Crippen molar-refractivity contribution in [2.75, 3.05) is 26.7 Å². The minimum Gasteiger partial charge on any atom is -0.497 e. The van der Waals surface area contributed by atoms with Gasteiger partial charge in [0.1, 0.15) is 5.75 Å². The third kappa shape index (κ3) is 2.40. The highest BCUT2D eigenvalue weighted by atomic mass is 16.5. The van der Waals surface area contributed by atoms with E-state index in [-0.39, 0.29) is 5.91 Å². The molecule has 0 spiro atoms. The van der Waals surface area contributed by atoms with Gasteiger partial charge in [-0.25, -0.2) is 0 Å². The molecule has 1 N–H and O–H groups in total. The van der Waals surface area contributed by atoms with Crippen molar-refractivity contribution in [1.29, 1.82) is 0 Å².